The first-order valence-electron chi connectivity index (χ1n) is 13.6. The maximum atomic E-state index is 12.6. The van der Waals surface area contributed by atoms with Gasteiger partial charge >= 0.3 is 0 Å². The molecule has 0 radical (unpaired) electrons. The number of hydrogen-bond donors (Lipinski definition) is 1. The SMILES string of the molecule is COc1cc(CN2CCC(Oc3ccc(CNC(=O)c4ccc(-c5ccccc5)cc4)cn3)CC2)cc(OC)c1. The van der Waals surface area contributed by atoms with Crippen LogP contribution in [0.15, 0.2) is 91.1 Å². The fourth-order valence-electron chi connectivity index (χ4n) is 4.89. The number of ether oxygens (including phenoxy) is 3. The van der Waals surface area contributed by atoms with Gasteiger partial charge in [-0.1, -0.05) is 48.5 Å². The van der Waals surface area contributed by atoms with Gasteiger partial charge in [-0.05, 0) is 59.4 Å². The van der Waals surface area contributed by atoms with Crippen LogP contribution in [-0.4, -0.2) is 49.2 Å². The number of likely N-dealkylation sites (tertiary alicyclic amines) is 1. The van der Waals surface area contributed by atoms with Crippen LogP contribution >= 0.6 is 0 Å². The van der Waals surface area contributed by atoms with E-state index in [9.17, 15) is 4.79 Å². The number of carbonyl (C=O) groups is 1. The molecule has 0 spiro atoms. The van der Waals surface area contributed by atoms with E-state index in [4.69, 9.17) is 14.2 Å². The van der Waals surface area contributed by atoms with Gasteiger partial charge in [0.25, 0.3) is 5.91 Å². The number of pyridine rings is 1. The van der Waals surface area contributed by atoms with E-state index < -0.39 is 0 Å². The number of amides is 1. The molecule has 1 aliphatic heterocycles. The topological polar surface area (TPSA) is 72.9 Å². The Hall–Kier alpha value is -4.36. The highest BCUT2D eigenvalue weighted by Crippen LogP contribution is 2.25. The van der Waals surface area contributed by atoms with Gasteiger partial charge in [-0.15, -0.1) is 0 Å². The first kappa shape index (κ1) is 27.2. The second-order valence-corrected chi connectivity index (χ2v) is 9.95. The number of aromatic nitrogens is 1. The van der Waals surface area contributed by atoms with E-state index in [2.05, 4.69) is 39.5 Å². The number of nitrogens with one attached hydrogen (secondary N) is 1. The fraction of sp³-hybridized carbons (Fsp3) is 0.273. The lowest BCUT2D eigenvalue weighted by Crippen LogP contribution is -2.37. The molecule has 1 saturated heterocycles. The molecule has 0 bridgehead atoms. The van der Waals surface area contributed by atoms with Crippen LogP contribution in [0.25, 0.3) is 11.1 Å². The lowest BCUT2D eigenvalue weighted by Gasteiger charge is -2.32. The van der Waals surface area contributed by atoms with Crippen molar-refractivity contribution in [2.75, 3.05) is 27.3 Å². The van der Waals surface area contributed by atoms with Crippen LogP contribution in [-0.2, 0) is 13.1 Å². The minimum atomic E-state index is -0.112. The molecule has 0 saturated carbocycles. The van der Waals surface area contributed by atoms with Crippen LogP contribution in [0, 0.1) is 0 Å². The maximum absolute atomic E-state index is 12.6. The van der Waals surface area contributed by atoms with Gasteiger partial charge < -0.3 is 19.5 Å². The molecule has 1 aromatic heterocycles. The fourth-order valence-corrected chi connectivity index (χ4v) is 4.89. The highest BCUT2D eigenvalue weighted by atomic mass is 16.5. The van der Waals surface area contributed by atoms with E-state index in [0.717, 1.165) is 60.7 Å². The summed E-state index contributed by atoms with van der Waals surface area (Å²) in [6.45, 7) is 3.14. The van der Waals surface area contributed by atoms with Crippen molar-refractivity contribution in [1.29, 1.82) is 0 Å². The quantitative estimate of drug-likeness (QED) is 0.278. The van der Waals surface area contributed by atoms with Crippen LogP contribution < -0.4 is 19.5 Å². The molecule has 5 rings (SSSR count). The van der Waals surface area contributed by atoms with Gasteiger partial charge in [-0.3, -0.25) is 9.69 Å². The van der Waals surface area contributed by atoms with Crippen molar-refractivity contribution in [2.24, 2.45) is 0 Å². The maximum Gasteiger partial charge on any atom is 0.251 e. The van der Waals surface area contributed by atoms with Crippen molar-refractivity contribution in [2.45, 2.75) is 32.0 Å². The third-order valence-corrected chi connectivity index (χ3v) is 7.14. The lowest BCUT2D eigenvalue weighted by atomic mass is 10.0. The van der Waals surface area contributed by atoms with Gasteiger partial charge in [0.15, 0.2) is 0 Å². The minimum absolute atomic E-state index is 0.112. The summed E-state index contributed by atoms with van der Waals surface area (Å²) in [7, 11) is 3.34. The molecule has 1 N–H and O–H groups in total. The zero-order valence-electron chi connectivity index (χ0n) is 23.0. The molecule has 4 aromatic rings. The predicted molar refractivity (Wildman–Crippen MR) is 156 cm³/mol. The summed E-state index contributed by atoms with van der Waals surface area (Å²) in [5.74, 6) is 2.11. The molecule has 2 heterocycles. The summed E-state index contributed by atoms with van der Waals surface area (Å²) in [6, 6.07) is 27.6. The van der Waals surface area contributed by atoms with E-state index in [1.807, 2.05) is 60.7 Å². The minimum Gasteiger partial charge on any atom is -0.497 e. The summed E-state index contributed by atoms with van der Waals surface area (Å²) in [5, 5.41) is 2.97. The molecule has 1 amide bonds. The number of rotatable bonds is 10. The molecular formula is C33H35N3O4. The molecule has 0 aliphatic carbocycles. The molecule has 7 nitrogen and oxygen atoms in total. The molecule has 7 heteroatoms. The number of methoxy groups -OCH3 is 2. The van der Waals surface area contributed by atoms with E-state index in [-0.39, 0.29) is 12.0 Å². The Labute approximate surface area is 235 Å². The average Bonchev–Trinajstić information content (AvgIpc) is 3.02. The third kappa shape index (κ3) is 7.18. The number of hydrogen-bond acceptors (Lipinski definition) is 6. The molecule has 206 valence electrons. The zero-order chi connectivity index (χ0) is 27.7. The summed E-state index contributed by atoms with van der Waals surface area (Å²) in [6.07, 6.45) is 3.76. The largest absolute Gasteiger partial charge is 0.497 e. The van der Waals surface area contributed by atoms with Gasteiger partial charge in [-0.2, -0.15) is 0 Å². The number of nitrogens with zero attached hydrogens (tertiary/aromatic N) is 2. The first-order chi connectivity index (χ1) is 19.6. The Kier molecular flexibility index (Phi) is 8.93. The van der Waals surface area contributed by atoms with Crippen molar-refractivity contribution in [3.8, 4) is 28.5 Å². The summed E-state index contributed by atoms with van der Waals surface area (Å²) in [4.78, 5) is 19.5. The Bertz CT molecular complexity index is 1360. The zero-order valence-corrected chi connectivity index (χ0v) is 23.0. The molecular weight excluding hydrogens is 502 g/mol. The van der Waals surface area contributed by atoms with E-state index in [1.54, 1.807) is 20.4 Å². The monoisotopic (exact) mass is 537 g/mol. The Morgan fingerprint density at radius 2 is 1.52 bits per heavy atom. The van der Waals surface area contributed by atoms with Crippen LogP contribution in [0.4, 0.5) is 0 Å². The number of carbonyl (C=O) groups excluding carboxylic acids is 1. The standard InChI is InChI=1S/C33H35N3O4/c1-38-30-18-25(19-31(20-30)39-2)23-36-16-14-29(15-17-36)40-32-13-8-24(21-34-32)22-35-33(37)28-11-9-27(10-12-28)26-6-4-3-5-7-26/h3-13,18-21,29H,14-17,22-23H2,1-2H3,(H,35,37). The smallest absolute Gasteiger partial charge is 0.251 e. The highest BCUT2D eigenvalue weighted by Gasteiger charge is 2.21. The predicted octanol–water partition coefficient (Wildman–Crippen LogP) is 5.74. The first-order valence-corrected chi connectivity index (χ1v) is 13.6. The van der Waals surface area contributed by atoms with Gasteiger partial charge in [0, 0.05) is 50.1 Å². The lowest BCUT2D eigenvalue weighted by molar-refractivity contribution is 0.0931. The van der Waals surface area contributed by atoms with Crippen molar-refractivity contribution < 1.29 is 19.0 Å². The Morgan fingerprint density at radius 1 is 0.850 bits per heavy atom. The average molecular weight is 538 g/mol. The van der Waals surface area contributed by atoms with E-state index >= 15 is 0 Å². The highest BCUT2D eigenvalue weighted by molar-refractivity contribution is 5.94. The molecule has 3 aromatic carbocycles. The molecule has 1 aliphatic rings. The number of piperidine rings is 1. The van der Waals surface area contributed by atoms with Gasteiger partial charge in [0.05, 0.1) is 14.2 Å². The van der Waals surface area contributed by atoms with Crippen LogP contribution in [0.3, 0.4) is 0 Å². The molecule has 0 atom stereocenters. The normalized spacial score (nSPS) is 13.9. The van der Waals surface area contributed by atoms with Gasteiger partial charge in [0.1, 0.15) is 17.6 Å². The molecule has 1 fully saturated rings. The van der Waals surface area contributed by atoms with Crippen molar-refractivity contribution >= 4 is 5.91 Å². The summed E-state index contributed by atoms with van der Waals surface area (Å²) < 4.78 is 17.0. The second-order valence-electron chi connectivity index (χ2n) is 9.95. The number of benzene rings is 3. The molecule has 0 unspecified atom stereocenters. The van der Waals surface area contributed by atoms with Gasteiger partial charge in [0.2, 0.25) is 5.88 Å². The van der Waals surface area contributed by atoms with Crippen molar-refractivity contribution in [3.05, 3.63) is 108 Å². The summed E-state index contributed by atoms with van der Waals surface area (Å²) >= 11 is 0. The van der Waals surface area contributed by atoms with E-state index in [1.165, 1.54) is 5.56 Å². The molecule has 40 heavy (non-hydrogen) atoms. The Morgan fingerprint density at radius 3 is 2.15 bits per heavy atom. The third-order valence-electron chi connectivity index (χ3n) is 7.14. The van der Waals surface area contributed by atoms with Crippen LogP contribution in [0.5, 0.6) is 17.4 Å². The van der Waals surface area contributed by atoms with Gasteiger partial charge in [-0.25, -0.2) is 4.98 Å². The summed E-state index contributed by atoms with van der Waals surface area (Å²) in [5.41, 5.74) is 4.93. The van der Waals surface area contributed by atoms with E-state index in [0.29, 0.717) is 18.0 Å². The second kappa shape index (κ2) is 13.1. The Balaban J connectivity index is 1.06. The van der Waals surface area contributed by atoms with Crippen molar-refractivity contribution in [3.63, 3.8) is 0 Å². The van der Waals surface area contributed by atoms with Crippen molar-refractivity contribution in [1.82, 2.24) is 15.2 Å². The van der Waals surface area contributed by atoms with Crippen LogP contribution in [0.2, 0.25) is 0 Å². The van der Waals surface area contributed by atoms with Crippen LogP contribution in [0.1, 0.15) is 34.3 Å².